The number of amides is 2. The Hall–Kier alpha value is -2.48. The molecule has 1 aliphatic rings. The molecule has 0 atom stereocenters. The molecule has 1 saturated heterocycles. The number of carbonyl (C=O) groups excluding carboxylic acids is 2. The lowest BCUT2D eigenvalue weighted by Gasteiger charge is -2.31. The van der Waals surface area contributed by atoms with E-state index >= 15 is 0 Å². The average molecular weight is 436 g/mol. The van der Waals surface area contributed by atoms with E-state index in [4.69, 9.17) is 14.2 Å². The van der Waals surface area contributed by atoms with Gasteiger partial charge in [0.2, 0.25) is 17.6 Å². The van der Waals surface area contributed by atoms with Crippen molar-refractivity contribution < 1.29 is 23.8 Å². The predicted molar refractivity (Wildman–Crippen MR) is 121 cm³/mol. The largest absolute Gasteiger partial charge is 0.493 e. The summed E-state index contributed by atoms with van der Waals surface area (Å²) in [7, 11) is 4.62. The lowest BCUT2D eigenvalue weighted by molar-refractivity contribution is -0.126. The van der Waals surface area contributed by atoms with Gasteiger partial charge in [0, 0.05) is 43.2 Å². The van der Waals surface area contributed by atoms with Crippen molar-refractivity contribution >= 4 is 17.5 Å². The molecule has 0 bridgehead atoms. The number of nitrogens with zero attached hydrogens (tertiary/aromatic N) is 1. The molecule has 0 saturated carbocycles. The molecule has 1 aromatic carbocycles. The van der Waals surface area contributed by atoms with E-state index in [0.29, 0.717) is 35.9 Å². The molecule has 1 aliphatic heterocycles. The molecule has 0 aliphatic carbocycles. The van der Waals surface area contributed by atoms with Crippen LogP contribution >= 0.6 is 0 Å². The van der Waals surface area contributed by atoms with E-state index in [1.54, 1.807) is 12.1 Å². The summed E-state index contributed by atoms with van der Waals surface area (Å²) < 4.78 is 16.0. The van der Waals surface area contributed by atoms with Crippen molar-refractivity contribution in [3.8, 4) is 17.2 Å². The highest BCUT2D eigenvalue weighted by molar-refractivity contribution is 5.91. The number of ether oxygens (including phenoxy) is 3. The standard InChI is InChI=1S/C23H37N3O5/c1-5-6-7-11-24-23(28)17-8-12-26(13-9-17)14-10-21(27)25-18-15-19(29-2)22(31-4)20(16-18)30-3/h15-17H,5-14H2,1-4H3,(H,24,28)(H,25,27). The van der Waals surface area contributed by atoms with Crippen LogP contribution in [0.25, 0.3) is 0 Å². The first-order chi connectivity index (χ1) is 15.0. The summed E-state index contributed by atoms with van der Waals surface area (Å²) in [4.78, 5) is 26.9. The number of anilines is 1. The Morgan fingerprint density at radius 3 is 2.23 bits per heavy atom. The SMILES string of the molecule is CCCCCNC(=O)C1CCN(CCC(=O)Nc2cc(OC)c(OC)c(OC)c2)CC1. The van der Waals surface area contributed by atoms with E-state index in [2.05, 4.69) is 22.5 Å². The van der Waals surface area contributed by atoms with Gasteiger partial charge >= 0.3 is 0 Å². The number of carbonyl (C=O) groups is 2. The summed E-state index contributed by atoms with van der Waals surface area (Å²) in [6.07, 6.45) is 5.41. The zero-order valence-electron chi connectivity index (χ0n) is 19.3. The average Bonchev–Trinajstić information content (AvgIpc) is 2.80. The Morgan fingerprint density at radius 1 is 1.03 bits per heavy atom. The van der Waals surface area contributed by atoms with Gasteiger partial charge in [-0.15, -0.1) is 0 Å². The van der Waals surface area contributed by atoms with Crippen LogP contribution in [0.1, 0.15) is 45.4 Å². The molecule has 8 heteroatoms. The fourth-order valence-electron chi connectivity index (χ4n) is 3.79. The third kappa shape index (κ3) is 7.61. The molecule has 1 heterocycles. The smallest absolute Gasteiger partial charge is 0.225 e. The van der Waals surface area contributed by atoms with Gasteiger partial charge in [0.05, 0.1) is 21.3 Å². The lowest BCUT2D eigenvalue weighted by Crippen LogP contribution is -2.41. The third-order valence-corrected chi connectivity index (χ3v) is 5.64. The fraction of sp³-hybridized carbons (Fsp3) is 0.652. The highest BCUT2D eigenvalue weighted by atomic mass is 16.5. The predicted octanol–water partition coefficient (Wildman–Crippen LogP) is 3.06. The summed E-state index contributed by atoms with van der Waals surface area (Å²) in [5, 5.41) is 5.95. The van der Waals surface area contributed by atoms with E-state index in [-0.39, 0.29) is 17.7 Å². The van der Waals surface area contributed by atoms with Crippen molar-refractivity contribution in [2.24, 2.45) is 5.92 Å². The van der Waals surface area contributed by atoms with Crippen molar-refractivity contribution in [2.75, 3.05) is 52.8 Å². The minimum absolute atomic E-state index is 0.0786. The van der Waals surface area contributed by atoms with Crippen LogP contribution in [0.5, 0.6) is 17.2 Å². The fourth-order valence-corrected chi connectivity index (χ4v) is 3.79. The molecule has 2 rings (SSSR count). The number of unbranched alkanes of at least 4 members (excludes halogenated alkanes) is 2. The molecule has 31 heavy (non-hydrogen) atoms. The molecule has 8 nitrogen and oxygen atoms in total. The number of likely N-dealkylation sites (tertiary alicyclic amines) is 1. The van der Waals surface area contributed by atoms with Crippen LogP contribution in [0, 0.1) is 5.92 Å². The molecular weight excluding hydrogens is 398 g/mol. The molecule has 2 N–H and O–H groups in total. The molecule has 1 aromatic rings. The van der Waals surface area contributed by atoms with Gasteiger partial charge in [0.15, 0.2) is 11.5 Å². The van der Waals surface area contributed by atoms with Gasteiger partial charge < -0.3 is 29.7 Å². The van der Waals surface area contributed by atoms with Gasteiger partial charge in [-0.05, 0) is 32.4 Å². The van der Waals surface area contributed by atoms with E-state index in [1.165, 1.54) is 21.3 Å². The zero-order chi connectivity index (χ0) is 22.6. The molecule has 0 radical (unpaired) electrons. The summed E-state index contributed by atoms with van der Waals surface area (Å²) in [6, 6.07) is 3.42. The highest BCUT2D eigenvalue weighted by Gasteiger charge is 2.25. The van der Waals surface area contributed by atoms with Gasteiger partial charge in [-0.25, -0.2) is 0 Å². The van der Waals surface area contributed by atoms with E-state index in [9.17, 15) is 9.59 Å². The van der Waals surface area contributed by atoms with Crippen LogP contribution in [0.3, 0.4) is 0 Å². The van der Waals surface area contributed by atoms with Crippen molar-refractivity contribution in [3.63, 3.8) is 0 Å². The summed E-state index contributed by atoms with van der Waals surface area (Å²) in [6.45, 7) is 5.27. The van der Waals surface area contributed by atoms with Gasteiger partial charge in [-0.1, -0.05) is 19.8 Å². The molecule has 0 spiro atoms. The van der Waals surface area contributed by atoms with Gasteiger partial charge in [-0.3, -0.25) is 9.59 Å². The molecular formula is C23H37N3O5. The minimum Gasteiger partial charge on any atom is -0.493 e. The monoisotopic (exact) mass is 435 g/mol. The number of nitrogens with one attached hydrogen (secondary N) is 2. The Morgan fingerprint density at radius 2 is 1.68 bits per heavy atom. The molecule has 1 fully saturated rings. The van der Waals surface area contributed by atoms with Crippen LogP contribution < -0.4 is 24.8 Å². The summed E-state index contributed by atoms with van der Waals surface area (Å²) in [5.74, 6) is 1.66. The normalized spacial score (nSPS) is 14.7. The molecule has 0 unspecified atom stereocenters. The van der Waals surface area contributed by atoms with Crippen molar-refractivity contribution in [1.82, 2.24) is 10.2 Å². The summed E-state index contributed by atoms with van der Waals surface area (Å²) >= 11 is 0. The zero-order valence-corrected chi connectivity index (χ0v) is 19.3. The van der Waals surface area contributed by atoms with Gasteiger partial charge in [0.1, 0.15) is 0 Å². The first kappa shape index (κ1) is 24.8. The maximum absolute atomic E-state index is 12.4. The number of methoxy groups -OCH3 is 3. The van der Waals surface area contributed by atoms with Crippen LogP contribution in [-0.2, 0) is 9.59 Å². The maximum atomic E-state index is 12.4. The van der Waals surface area contributed by atoms with E-state index in [1.807, 2.05) is 0 Å². The minimum atomic E-state index is -0.0786. The Labute approximate surface area is 185 Å². The van der Waals surface area contributed by atoms with Crippen molar-refractivity contribution in [1.29, 1.82) is 0 Å². The van der Waals surface area contributed by atoms with Gasteiger partial charge in [-0.2, -0.15) is 0 Å². The first-order valence-corrected chi connectivity index (χ1v) is 11.1. The number of hydrogen-bond acceptors (Lipinski definition) is 6. The van der Waals surface area contributed by atoms with Crippen LogP contribution in [0.4, 0.5) is 5.69 Å². The second-order valence-corrected chi connectivity index (χ2v) is 7.83. The lowest BCUT2D eigenvalue weighted by atomic mass is 9.95. The second kappa shape index (κ2) is 13.0. The quantitative estimate of drug-likeness (QED) is 0.491. The molecule has 0 aromatic heterocycles. The van der Waals surface area contributed by atoms with Crippen LogP contribution in [0.15, 0.2) is 12.1 Å². The Balaban J connectivity index is 1.76. The maximum Gasteiger partial charge on any atom is 0.225 e. The Kier molecular flexibility index (Phi) is 10.4. The Bertz CT molecular complexity index is 692. The van der Waals surface area contributed by atoms with Gasteiger partial charge in [0.25, 0.3) is 0 Å². The topological polar surface area (TPSA) is 89.1 Å². The number of hydrogen-bond donors (Lipinski definition) is 2. The third-order valence-electron chi connectivity index (χ3n) is 5.64. The van der Waals surface area contributed by atoms with Crippen LogP contribution in [-0.4, -0.2) is 64.2 Å². The molecule has 174 valence electrons. The van der Waals surface area contributed by atoms with E-state index in [0.717, 1.165) is 51.7 Å². The first-order valence-electron chi connectivity index (χ1n) is 11.1. The number of rotatable bonds is 12. The van der Waals surface area contributed by atoms with Crippen molar-refractivity contribution in [3.05, 3.63) is 12.1 Å². The number of benzene rings is 1. The molecule has 2 amide bonds. The number of piperidine rings is 1. The second-order valence-electron chi connectivity index (χ2n) is 7.83. The van der Waals surface area contributed by atoms with Crippen molar-refractivity contribution in [2.45, 2.75) is 45.4 Å². The van der Waals surface area contributed by atoms with E-state index < -0.39 is 0 Å². The van der Waals surface area contributed by atoms with Crippen LogP contribution in [0.2, 0.25) is 0 Å². The highest BCUT2D eigenvalue weighted by Crippen LogP contribution is 2.39. The summed E-state index contributed by atoms with van der Waals surface area (Å²) in [5.41, 5.74) is 0.595.